The van der Waals surface area contributed by atoms with Crippen LogP contribution >= 0.6 is 11.8 Å². The number of thioether (sulfide) groups is 1. The second-order valence-electron chi connectivity index (χ2n) is 3.60. The molecule has 4 heteroatoms. The first-order chi connectivity index (χ1) is 7.76. The zero-order valence-corrected chi connectivity index (χ0v) is 10.3. The number of hydrogen-bond acceptors (Lipinski definition) is 3. The largest absolute Gasteiger partial charge is 0.395 e. The van der Waals surface area contributed by atoms with Crippen LogP contribution in [0.25, 0.3) is 0 Å². The van der Waals surface area contributed by atoms with Crippen LogP contribution in [0.4, 0.5) is 4.39 Å². The van der Waals surface area contributed by atoms with E-state index in [1.165, 1.54) is 12.1 Å². The molecule has 90 valence electrons. The normalized spacial score (nSPS) is 12.7. The number of halogens is 1. The van der Waals surface area contributed by atoms with Crippen LogP contribution in [0.3, 0.4) is 0 Å². The van der Waals surface area contributed by atoms with Crippen molar-refractivity contribution in [1.82, 2.24) is 5.32 Å². The molecule has 0 fully saturated rings. The number of nitrogens with one attached hydrogen (secondary N) is 1. The molecule has 0 spiro atoms. The lowest BCUT2D eigenvalue weighted by Gasteiger charge is -2.15. The molecule has 0 aromatic heterocycles. The Kier molecular flexibility index (Phi) is 6.45. The van der Waals surface area contributed by atoms with E-state index in [2.05, 4.69) is 12.2 Å². The predicted molar refractivity (Wildman–Crippen MR) is 66.3 cm³/mol. The van der Waals surface area contributed by atoms with Gasteiger partial charge in [-0.1, -0.05) is 6.92 Å². The summed E-state index contributed by atoms with van der Waals surface area (Å²) in [6, 6.07) is 6.53. The van der Waals surface area contributed by atoms with E-state index in [0.29, 0.717) is 0 Å². The van der Waals surface area contributed by atoms with E-state index in [4.69, 9.17) is 5.11 Å². The van der Waals surface area contributed by atoms with Gasteiger partial charge in [0, 0.05) is 16.7 Å². The molecule has 2 nitrogen and oxygen atoms in total. The molecule has 0 aliphatic carbocycles. The number of benzene rings is 1. The van der Waals surface area contributed by atoms with E-state index < -0.39 is 0 Å². The second-order valence-corrected chi connectivity index (χ2v) is 4.69. The predicted octanol–water partition coefficient (Wildman–Crippen LogP) is 2.28. The minimum absolute atomic E-state index is 0.106. The molecule has 1 aromatic rings. The third kappa shape index (κ3) is 4.96. The van der Waals surface area contributed by atoms with Gasteiger partial charge in [0.1, 0.15) is 5.82 Å². The maximum Gasteiger partial charge on any atom is 0.123 e. The second kappa shape index (κ2) is 7.65. The van der Waals surface area contributed by atoms with E-state index in [1.54, 1.807) is 23.9 Å². The summed E-state index contributed by atoms with van der Waals surface area (Å²) >= 11 is 1.62. The molecule has 0 aliphatic rings. The lowest BCUT2D eigenvalue weighted by molar-refractivity contribution is 0.254. The van der Waals surface area contributed by atoms with Gasteiger partial charge in [-0.15, -0.1) is 11.8 Å². The first-order valence-electron chi connectivity index (χ1n) is 5.49. The molecule has 0 saturated carbocycles. The number of hydrogen-bond donors (Lipinski definition) is 2. The third-order valence-corrected chi connectivity index (χ3v) is 3.34. The van der Waals surface area contributed by atoms with Gasteiger partial charge in [-0.05, 0) is 37.2 Å². The summed E-state index contributed by atoms with van der Waals surface area (Å²) in [6.07, 6.45) is 1.05. The quantitative estimate of drug-likeness (QED) is 0.721. The van der Waals surface area contributed by atoms with Crippen molar-refractivity contribution in [3.05, 3.63) is 30.1 Å². The van der Waals surface area contributed by atoms with Crippen LogP contribution < -0.4 is 5.32 Å². The fraction of sp³-hybridized carbons (Fsp3) is 0.500. The maximum atomic E-state index is 12.7. The van der Waals surface area contributed by atoms with Crippen molar-refractivity contribution in [2.75, 3.05) is 18.9 Å². The fourth-order valence-electron chi connectivity index (χ4n) is 1.25. The van der Waals surface area contributed by atoms with Gasteiger partial charge in [-0.2, -0.15) is 0 Å². The van der Waals surface area contributed by atoms with Gasteiger partial charge in [-0.3, -0.25) is 0 Å². The van der Waals surface area contributed by atoms with Crippen LogP contribution in [0.1, 0.15) is 13.3 Å². The van der Waals surface area contributed by atoms with Crippen molar-refractivity contribution in [1.29, 1.82) is 0 Å². The van der Waals surface area contributed by atoms with Crippen molar-refractivity contribution >= 4 is 11.8 Å². The first-order valence-corrected chi connectivity index (χ1v) is 6.47. The molecule has 1 aromatic carbocycles. The van der Waals surface area contributed by atoms with Crippen molar-refractivity contribution < 1.29 is 9.50 Å². The van der Waals surface area contributed by atoms with E-state index in [9.17, 15) is 4.39 Å². The molecule has 0 saturated heterocycles. The van der Waals surface area contributed by atoms with E-state index in [-0.39, 0.29) is 18.5 Å². The lowest BCUT2D eigenvalue weighted by atomic mass is 10.3. The van der Waals surface area contributed by atoms with Crippen molar-refractivity contribution in [2.45, 2.75) is 24.3 Å². The zero-order valence-electron chi connectivity index (χ0n) is 9.45. The van der Waals surface area contributed by atoms with Crippen LogP contribution in [0.2, 0.25) is 0 Å². The van der Waals surface area contributed by atoms with Crippen LogP contribution in [0.5, 0.6) is 0 Å². The Bertz CT molecular complexity index is 292. The lowest BCUT2D eigenvalue weighted by Crippen LogP contribution is -2.35. The molecule has 0 heterocycles. The molecular weight excluding hydrogens is 225 g/mol. The summed E-state index contributed by atoms with van der Waals surface area (Å²) < 4.78 is 12.7. The Hall–Kier alpha value is -0.580. The molecule has 1 atom stereocenters. The Morgan fingerprint density at radius 3 is 2.62 bits per heavy atom. The Balaban J connectivity index is 2.34. The monoisotopic (exact) mass is 243 g/mol. The summed E-state index contributed by atoms with van der Waals surface area (Å²) in [7, 11) is 0. The molecule has 0 amide bonds. The van der Waals surface area contributed by atoms with Gasteiger partial charge in [0.2, 0.25) is 0 Å². The standard InChI is InChI=1S/C12H18FNOS/c1-2-7-14-11(8-15)9-16-12-5-3-10(13)4-6-12/h3-6,11,14-15H,2,7-9H2,1H3. The highest BCUT2D eigenvalue weighted by atomic mass is 32.2. The summed E-state index contributed by atoms with van der Waals surface area (Å²) in [4.78, 5) is 1.03. The average molecular weight is 243 g/mol. The molecular formula is C12H18FNOS. The molecule has 2 N–H and O–H groups in total. The van der Waals surface area contributed by atoms with Crippen LogP contribution in [0.15, 0.2) is 29.2 Å². The summed E-state index contributed by atoms with van der Waals surface area (Å²) in [5.41, 5.74) is 0. The van der Waals surface area contributed by atoms with Crippen molar-refractivity contribution in [2.24, 2.45) is 0 Å². The average Bonchev–Trinajstić information content (AvgIpc) is 2.32. The SMILES string of the molecule is CCCNC(CO)CSc1ccc(F)cc1. The first kappa shape index (κ1) is 13.5. The van der Waals surface area contributed by atoms with E-state index >= 15 is 0 Å². The van der Waals surface area contributed by atoms with Gasteiger partial charge in [-0.25, -0.2) is 4.39 Å². The highest BCUT2D eigenvalue weighted by Gasteiger charge is 2.06. The van der Waals surface area contributed by atoms with Crippen LogP contribution in [-0.2, 0) is 0 Å². The third-order valence-electron chi connectivity index (χ3n) is 2.17. The molecule has 0 aliphatic heterocycles. The number of aliphatic hydroxyl groups is 1. The molecule has 1 unspecified atom stereocenters. The van der Waals surface area contributed by atoms with Crippen molar-refractivity contribution in [3.8, 4) is 0 Å². The van der Waals surface area contributed by atoms with Crippen molar-refractivity contribution in [3.63, 3.8) is 0 Å². The Morgan fingerprint density at radius 2 is 2.06 bits per heavy atom. The summed E-state index contributed by atoms with van der Waals surface area (Å²) in [5.74, 6) is 0.578. The van der Waals surface area contributed by atoms with Gasteiger partial charge in [0.25, 0.3) is 0 Å². The maximum absolute atomic E-state index is 12.7. The smallest absolute Gasteiger partial charge is 0.123 e. The fourth-order valence-corrected chi connectivity index (χ4v) is 2.20. The topological polar surface area (TPSA) is 32.3 Å². The number of aliphatic hydroxyl groups excluding tert-OH is 1. The van der Waals surface area contributed by atoms with Gasteiger partial charge >= 0.3 is 0 Å². The Labute approximate surface area is 100 Å². The molecule has 1 rings (SSSR count). The van der Waals surface area contributed by atoms with Gasteiger partial charge in [0.05, 0.1) is 6.61 Å². The van der Waals surface area contributed by atoms with Gasteiger partial charge < -0.3 is 10.4 Å². The van der Waals surface area contributed by atoms with Crippen LogP contribution in [0, 0.1) is 5.82 Å². The number of rotatable bonds is 7. The highest BCUT2D eigenvalue weighted by Crippen LogP contribution is 2.18. The zero-order chi connectivity index (χ0) is 11.8. The highest BCUT2D eigenvalue weighted by molar-refractivity contribution is 7.99. The molecule has 0 radical (unpaired) electrons. The Morgan fingerprint density at radius 1 is 1.38 bits per heavy atom. The van der Waals surface area contributed by atoms with E-state index in [0.717, 1.165) is 23.6 Å². The van der Waals surface area contributed by atoms with Crippen LogP contribution in [-0.4, -0.2) is 30.1 Å². The minimum Gasteiger partial charge on any atom is -0.395 e. The summed E-state index contributed by atoms with van der Waals surface area (Å²) in [6.45, 7) is 3.14. The van der Waals surface area contributed by atoms with E-state index in [1.807, 2.05) is 0 Å². The molecule has 16 heavy (non-hydrogen) atoms. The van der Waals surface area contributed by atoms with Gasteiger partial charge in [0.15, 0.2) is 0 Å². The summed E-state index contributed by atoms with van der Waals surface area (Å²) in [5, 5.41) is 12.4. The minimum atomic E-state index is -0.216. The molecule has 0 bridgehead atoms.